The number of H-pyrrole nitrogens is 1. The number of fused-ring (bicyclic) bond motifs is 1. The number of hydrogen-bond acceptors (Lipinski definition) is 6. The maximum Gasteiger partial charge on any atom is 0.395 e. The summed E-state index contributed by atoms with van der Waals surface area (Å²) in [4.78, 5) is 15.4. The lowest BCUT2D eigenvalue weighted by Crippen LogP contribution is -2.23. The van der Waals surface area contributed by atoms with Crippen molar-refractivity contribution in [3.63, 3.8) is 0 Å². The molecule has 4 heterocycles. The van der Waals surface area contributed by atoms with Crippen LogP contribution in [0.4, 0.5) is 13.2 Å². The summed E-state index contributed by atoms with van der Waals surface area (Å²) < 4.78 is 64.4. The van der Waals surface area contributed by atoms with Crippen LogP contribution < -0.4 is 0 Å². The van der Waals surface area contributed by atoms with Crippen LogP contribution in [0.5, 0.6) is 0 Å². The van der Waals surface area contributed by atoms with Gasteiger partial charge < -0.3 is 4.98 Å². The van der Waals surface area contributed by atoms with E-state index in [2.05, 4.69) is 25.0 Å². The van der Waals surface area contributed by atoms with Crippen LogP contribution in [0.1, 0.15) is 17.9 Å². The Hall–Kier alpha value is -3.28. The van der Waals surface area contributed by atoms with Gasteiger partial charge in [-0.2, -0.15) is 18.3 Å². The number of alkyl halides is 3. The van der Waals surface area contributed by atoms with Crippen molar-refractivity contribution in [3.8, 4) is 16.9 Å². The van der Waals surface area contributed by atoms with E-state index in [1.54, 1.807) is 24.7 Å². The van der Waals surface area contributed by atoms with Crippen LogP contribution in [0, 0.1) is 0 Å². The smallest absolute Gasteiger partial charge is 0.343 e. The Bertz CT molecular complexity index is 1310. The topological polar surface area (TPSA) is 106 Å². The first-order valence-electron chi connectivity index (χ1n) is 9.16. The molecule has 4 aromatic rings. The van der Waals surface area contributed by atoms with Crippen molar-refractivity contribution < 1.29 is 21.6 Å². The first kappa shape index (κ1) is 21.0. The summed E-state index contributed by atoms with van der Waals surface area (Å²) in [5, 5.41) is 4.24. The van der Waals surface area contributed by atoms with Crippen molar-refractivity contribution in [2.45, 2.75) is 18.5 Å². The molecular weight excluding hydrogens is 433 g/mol. The van der Waals surface area contributed by atoms with E-state index >= 15 is 0 Å². The number of halogens is 3. The summed E-state index contributed by atoms with van der Waals surface area (Å²) in [5.41, 5.74) is 2.77. The van der Waals surface area contributed by atoms with Gasteiger partial charge in [-0.15, -0.1) is 0 Å². The lowest BCUT2D eigenvalue weighted by molar-refractivity contribution is -0.150. The second-order valence-corrected chi connectivity index (χ2v) is 9.36. The van der Waals surface area contributed by atoms with Gasteiger partial charge in [0.15, 0.2) is 11.5 Å². The van der Waals surface area contributed by atoms with E-state index in [4.69, 9.17) is 0 Å². The van der Waals surface area contributed by atoms with Crippen LogP contribution in [0.2, 0.25) is 0 Å². The third-order valence-electron chi connectivity index (χ3n) is 4.80. The largest absolute Gasteiger partial charge is 0.395 e. The van der Waals surface area contributed by atoms with Gasteiger partial charge in [0, 0.05) is 36.0 Å². The predicted octanol–water partition coefficient (Wildman–Crippen LogP) is 3.29. The number of sulfone groups is 1. The Balaban J connectivity index is 1.60. The summed E-state index contributed by atoms with van der Waals surface area (Å²) in [5.74, 6) is -2.15. The molecule has 0 bridgehead atoms. The molecule has 0 aliphatic carbocycles. The summed E-state index contributed by atoms with van der Waals surface area (Å²) in [6.07, 6.45) is 3.34. The summed E-state index contributed by atoms with van der Waals surface area (Å²) in [6.45, 7) is 0. The number of pyridine rings is 2. The highest BCUT2D eigenvalue weighted by molar-refractivity contribution is 7.90. The Morgan fingerprint density at radius 3 is 2.61 bits per heavy atom. The van der Waals surface area contributed by atoms with Crippen molar-refractivity contribution in [1.82, 2.24) is 29.7 Å². The number of hydrogen-bond donors (Lipinski definition) is 1. The molecule has 1 N–H and O–H groups in total. The van der Waals surface area contributed by atoms with Crippen LogP contribution >= 0.6 is 0 Å². The van der Waals surface area contributed by atoms with Crippen molar-refractivity contribution in [2.75, 3.05) is 12.0 Å². The Kier molecular flexibility index (Phi) is 5.25. The molecule has 162 valence electrons. The third-order valence-corrected chi connectivity index (χ3v) is 5.78. The number of rotatable bonds is 6. The summed E-state index contributed by atoms with van der Waals surface area (Å²) >= 11 is 0. The van der Waals surface area contributed by atoms with Crippen molar-refractivity contribution in [2.24, 2.45) is 0 Å². The van der Waals surface area contributed by atoms with Gasteiger partial charge >= 0.3 is 6.18 Å². The molecule has 8 nitrogen and oxygen atoms in total. The molecule has 4 rings (SSSR count). The van der Waals surface area contributed by atoms with Gasteiger partial charge in [0.25, 0.3) is 0 Å². The fourth-order valence-electron chi connectivity index (χ4n) is 3.27. The van der Waals surface area contributed by atoms with Crippen molar-refractivity contribution >= 4 is 21.0 Å². The van der Waals surface area contributed by atoms with Gasteiger partial charge in [0.05, 0.1) is 29.7 Å². The Labute approximate surface area is 175 Å². The SMILES string of the molecule is CS(=O)(=O)CC[C@@H](c1ccc(-n2cc(-c3ccnc4nc[nH]c34)cn2)nc1)C(F)(F)F. The zero-order valence-electron chi connectivity index (χ0n) is 16.2. The predicted molar refractivity (Wildman–Crippen MR) is 107 cm³/mol. The number of nitrogens with one attached hydrogen (secondary N) is 1. The maximum absolute atomic E-state index is 13.4. The van der Waals surface area contributed by atoms with E-state index in [0.29, 0.717) is 11.5 Å². The molecule has 0 radical (unpaired) electrons. The van der Waals surface area contributed by atoms with E-state index in [0.717, 1.165) is 29.1 Å². The van der Waals surface area contributed by atoms with Gasteiger partial charge in [-0.25, -0.2) is 28.1 Å². The molecule has 0 aromatic carbocycles. The van der Waals surface area contributed by atoms with Gasteiger partial charge in [-0.1, -0.05) is 6.07 Å². The van der Waals surface area contributed by atoms with Crippen molar-refractivity contribution in [1.29, 1.82) is 0 Å². The van der Waals surface area contributed by atoms with Gasteiger partial charge in [0.1, 0.15) is 9.84 Å². The third kappa shape index (κ3) is 4.58. The quantitative estimate of drug-likeness (QED) is 0.483. The number of aromatic amines is 1. The van der Waals surface area contributed by atoms with E-state index in [-0.39, 0.29) is 5.56 Å². The van der Waals surface area contributed by atoms with Gasteiger partial charge in [-0.3, -0.25) is 0 Å². The molecule has 0 aliphatic heterocycles. The van der Waals surface area contributed by atoms with E-state index in [9.17, 15) is 21.6 Å². The minimum atomic E-state index is -4.58. The molecule has 0 spiro atoms. The molecule has 31 heavy (non-hydrogen) atoms. The van der Waals surface area contributed by atoms with Gasteiger partial charge in [-0.05, 0) is 24.1 Å². The fourth-order valence-corrected chi connectivity index (χ4v) is 3.93. The molecule has 0 aliphatic rings. The maximum atomic E-state index is 13.4. The average Bonchev–Trinajstić information content (AvgIpc) is 3.36. The van der Waals surface area contributed by atoms with Crippen LogP contribution in [0.15, 0.2) is 49.3 Å². The molecule has 0 saturated heterocycles. The number of imidazole rings is 1. The monoisotopic (exact) mass is 450 g/mol. The van der Waals surface area contributed by atoms with Crippen LogP contribution in [0.25, 0.3) is 28.1 Å². The van der Waals surface area contributed by atoms with Crippen LogP contribution in [-0.4, -0.2) is 56.3 Å². The molecule has 0 unspecified atom stereocenters. The highest BCUT2D eigenvalue weighted by Gasteiger charge is 2.41. The molecule has 12 heteroatoms. The van der Waals surface area contributed by atoms with Crippen LogP contribution in [-0.2, 0) is 9.84 Å². The zero-order chi connectivity index (χ0) is 22.2. The van der Waals surface area contributed by atoms with Gasteiger partial charge in [0.2, 0.25) is 0 Å². The second-order valence-electron chi connectivity index (χ2n) is 7.10. The molecule has 0 amide bonds. The fraction of sp³-hybridized carbons (Fsp3) is 0.263. The van der Waals surface area contributed by atoms with Crippen LogP contribution in [0.3, 0.4) is 0 Å². The Morgan fingerprint density at radius 1 is 1.13 bits per heavy atom. The zero-order valence-corrected chi connectivity index (χ0v) is 17.0. The standard InChI is InChI=1S/C19H17F3N6O2S/c1-31(29,30)7-5-15(19(20,21)22)12-2-3-16(24-8-12)28-10-13(9-27-28)14-4-6-23-18-17(14)25-11-26-18/h2-4,6,8-11,15H,5,7H2,1H3,(H,23,25,26)/t15-/m0/s1. The summed E-state index contributed by atoms with van der Waals surface area (Å²) in [6, 6.07) is 4.52. The molecular formula is C19H17F3N6O2S. The summed E-state index contributed by atoms with van der Waals surface area (Å²) in [7, 11) is -3.52. The highest BCUT2D eigenvalue weighted by atomic mass is 32.2. The average molecular weight is 450 g/mol. The van der Waals surface area contributed by atoms with Crippen molar-refractivity contribution in [3.05, 3.63) is 54.9 Å². The normalized spacial score (nSPS) is 13.5. The van der Waals surface area contributed by atoms with E-state index < -0.39 is 34.1 Å². The minimum Gasteiger partial charge on any atom is -0.343 e. The minimum absolute atomic E-state index is 0.0967. The first-order valence-corrected chi connectivity index (χ1v) is 11.2. The molecule has 0 saturated carbocycles. The Morgan fingerprint density at radius 2 is 1.94 bits per heavy atom. The lowest BCUT2D eigenvalue weighted by Gasteiger charge is -2.20. The van der Waals surface area contributed by atoms with E-state index in [1.165, 1.54) is 23.1 Å². The van der Waals surface area contributed by atoms with E-state index in [1.807, 2.05) is 0 Å². The second kappa shape index (κ2) is 7.76. The number of aromatic nitrogens is 6. The molecule has 1 atom stereocenters. The number of nitrogens with zero attached hydrogens (tertiary/aromatic N) is 5. The highest BCUT2D eigenvalue weighted by Crippen LogP contribution is 2.37. The molecule has 4 aromatic heterocycles. The first-order chi connectivity index (χ1) is 14.6. The molecule has 0 fully saturated rings. The lowest BCUT2D eigenvalue weighted by atomic mass is 9.97.